The number of nitrogens with two attached hydrogens (primary N) is 1. The molecule has 2 N–H and O–H groups in total. The van der Waals surface area contributed by atoms with Gasteiger partial charge in [0, 0.05) is 37.8 Å². The van der Waals surface area contributed by atoms with E-state index in [-0.39, 0.29) is 0 Å². The van der Waals surface area contributed by atoms with Gasteiger partial charge in [-0.3, -0.25) is 0 Å². The quantitative estimate of drug-likeness (QED) is 0.558. The molecule has 1 atom stereocenters. The Hall–Kier alpha value is -0.120. The molecule has 3 nitrogen and oxygen atoms in total. The van der Waals surface area contributed by atoms with Gasteiger partial charge in [-0.25, -0.2) is 0 Å². The maximum Gasteiger partial charge on any atom is 0.0472 e. The van der Waals surface area contributed by atoms with Crippen molar-refractivity contribution in [2.75, 3.05) is 33.4 Å². The standard InChI is InChI=1S/C9H18N2O/c1-11-6-8(10)9(7-11)2-4-12-5-3-9/h8H,2-7,10H2,1H3. The van der Waals surface area contributed by atoms with Crippen LogP contribution in [-0.2, 0) is 4.74 Å². The van der Waals surface area contributed by atoms with Crippen LogP contribution in [0.4, 0.5) is 0 Å². The molecule has 2 rings (SSSR count). The van der Waals surface area contributed by atoms with Crippen LogP contribution in [0, 0.1) is 5.41 Å². The maximum absolute atomic E-state index is 6.14. The minimum Gasteiger partial charge on any atom is -0.381 e. The topological polar surface area (TPSA) is 38.5 Å². The van der Waals surface area contributed by atoms with E-state index in [0.29, 0.717) is 11.5 Å². The smallest absolute Gasteiger partial charge is 0.0472 e. The van der Waals surface area contributed by atoms with Crippen molar-refractivity contribution in [1.29, 1.82) is 0 Å². The van der Waals surface area contributed by atoms with Gasteiger partial charge in [0.1, 0.15) is 0 Å². The summed E-state index contributed by atoms with van der Waals surface area (Å²) >= 11 is 0. The van der Waals surface area contributed by atoms with Crippen LogP contribution >= 0.6 is 0 Å². The summed E-state index contributed by atoms with van der Waals surface area (Å²) in [5.41, 5.74) is 6.52. The molecule has 70 valence electrons. The Balaban J connectivity index is 2.08. The lowest BCUT2D eigenvalue weighted by atomic mass is 9.76. The molecular weight excluding hydrogens is 152 g/mol. The minimum absolute atomic E-state index is 0.367. The Morgan fingerprint density at radius 3 is 2.58 bits per heavy atom. The van der Waals surface area contributed by atoms with Crippen LogP contribution in [0.1, 0.15) is 12.8 Å². The lowest BCUT2D eigenvalue weighted by molar-refractivity contribution is 0.0141. The van der Waals surface area contributed by atoms with Crippen molar-refractivity contribution in [3.63, 3.8) is 0 Å². The van der Waals surface area contributed by atoms with Crippen LogP contribution in [0.25, 0.3) is 0 Å². The first kappa shape index (κ1) is 8.48. The average molecular weight is 170 g/mol. The van der Waals surface area contributed by atoms with Gasteiger partial charge in [0.2, 0.25) is 0 Å². The second kappa shape index (κ2) is 2.98. The van der Waals surface area contributed by atoms with Crippen LogP contribution < -0.4 is 5.73 Å². The Morgan fingerprint density at radius 2 is 2.08 bits per heavy atom. The van der Waals surface area contributed by atoms with Gasteiger partial charge in [0.05, 0.1) is 0 Å². The van der Waals surface area contributed by atoms with E-state index in [2.05, 4.69) is 11.9 Å². The van der Waals surface area contributed by atoms with Gasteiger partial charge in [-0.2, -0.15) is 0 Å². The Kier molecular flexibility index (Phi) is 2.10. The molecule has 0 amide bonds. The van der Waals surface area contributed by atoms with Crippen molar-refractivity contribution in [2.24, 2.45) is 11.1 Å². The third-order valence-electron chi connectivity index (χ3n) is 3.37. The minimum atomic E-state index is 0.367. The van der Waals surface area contributed by atoms with Crippen molar-refractivity contribution < 1.29 is 4.74 Å². The zero-order chi connectivity index (χ0) is 8.60. The van der Waals surface area contributed by atoms with Gasteiger partial charge >= 0.3 is 0 Å². The van der Waals surface area contributed by atoms with E-state index in [1.54, 1.807) is 0 Å². The fourth-order valence-corrected chi connectivity index (χ4v) is 2.56. The third kappa shape index (κ3) is 1.26. The molecule has 0 aromatic heterocycles. The molecule has 0 aromatic carbocycles. The maximum atomic E-state index is 6.14. The predicted molar refractivity (Wildman–Crippen MR) is 48.0 cm³/mol. The first-order valence-electron chi connectivity index (χ1n) is 4.75. The van der Waals surface area contributed by atoms with Crippen LogP contribution in [-0.4, -0.2) is 44.3 Å². The average Bonchev–Trinajstić information content (AvgIpc) is 2.29. The van der Waals surface area contributed by atoms with Crippen molar-refractivity contribution in [3.05, 3.63) is 0 Å². The van der Waals surface area contributed by atoms with Crippen LogP contribution in [0.3, 0.4) is 0 Å². The van der Waals surface area contributed by atoms with Crippen molar-refractivity contribution in [1.82, 2.24) is 4.90 Å². The molecule has 2 aliphatic rings. The molecule has 3 heteroatoms. The number of ether oxygens (including phenoxy) is 1. The molecule has 0 radical (unpaired) electrons. The van der Waals surface area contributed by atoms with E-state index in [1.165, 1.54) is 0 Å². The SMILES string of the molecule is CN1CC(N)C2(CCOCC2)C1. The second-order valence-electron chi connectivity index (χ2n) is 4.28. The first-order valence-corrected chi connectivity index (χ1v) is 4.75. The largest absolute Gasteiger partial charge is 0.381 e. The molecule has 2 heterocycles. The van der Waals surface area contributed by atoms with E-state index >= 15 is 0 Å². The fraction of sp³-hybridized carbons (Fsp3) is 1.00. The van der Waals surface area contributed by atoms with E-state index < -0.39 is 0 Å². The lowest BCUT2D eigenvalue weighted by Gasteiger charge is -2.36. The summed E-state index contributed by atoms with van der Waals surface area (Å²) in [6, 6.07) is 0.367. The predicted octanol–water partition coefficient (Wildman–Crippen LogP) is 0.0559. The molecular formula is C9H18N2O. The second-order valence-corrected chi connectivity index (χ2v) is 4.28. The number of likely N-dealkylation sites (N-methyl/N-ethyl adjacent to an activating group) is 1. The van der Waals surface area contributed by atoms with Gasteiger partial charge in [-0.15, -0.1) is 0 Å². The monoisotopic (exact) mass is 170 g/mol. The summed E-state index contributed by atoms with van der Waals surface area (Å²) in [6.45, 7) is 4.03. The summed E-state index contributed by atoms with van der Waals surface area (Å²) < 4.78 is 5.37. The van der Waals surface area contributed by atoms with E-state index in [4.69, 9.17) is 10.5 Å². The molecule has 2 saturated heterocycles. The molecule has 2 aliphatic heterocycles. The van der Waals surface area contributed by atoms with Crippen molar-refractivity contribution in [3.8, 4) is 0 Å². The number of hydrogen-bond acceptors (Lipinski definition) is 3. The zero-order valence-corrected chi connectivity index (χ0v) is 7.75. The van der Waals surface area contributed by atoms with Crippen LogP contribution in [0.5, 0.6) is 0 Å². The molecule has 1 unspecified atom stereocenters. The van der Waals surface area contributed by atoms with Gasteiger partial charge in [0.15, 0.2) is 0 Å². The summed E-state index contributed by atoms with van der Waals surface area (Å²) in [5, 5.41) is 0. The molecule has 0 saturated carbocycles. The number of rotatable bonds is 0. The van der Waals surface area contributed by atoms with E-state index in [9.17, 15) is 0 Å². The molecule has 1 spiro atoms. The van der Waals surface area contributed by atoms with Crippen LogP contribution in [0.15, 0.2) is 0 Å². The number of nitrogens with zero attached hydrogens (tertiary/aromatic N) is 1. The molecule has 2 fully saturated rings. The molecule has 0 bridgehead atoms. The summed E-state index contributed by atoms with van der Waals surface area (Å²) in [4.78, 5) is 2.34. The third-order valence-corrected chi connectivity index (χ3v) is 3.37. The van der Waals surface area contributed by atoms with Gasteiger partial charge < -0.3 is 15.4 Å². The number of likely N-dealkylation sites (tertiary alicyclic amines) is 1. The summed E-state index contributed by atoms with van der Waals surface area (Å²) in [5.74, 6) is 0. The zero-order valence-electron chi connectivity index (χ0n) is 7.75. The van der Waals surface area contributed by atoms with Crippen LogP contribution in [0.2, 0.25) is 0 Å². The van der Waals surface area contributed by atoms with Gasteiger partial charge in [0.25, 0.3) is 0 Å². The first-order chi connectivity index (χ1) is 5.73. The molecule has 12 heavy (non-hydrogen) atoms. The Bertz CT molecular complexity index is 166. The van der Waals surface area contributed by atoms with Gasteiger partial charge in [-0.1, -0.05) is 0 Å². The summed E-state index contributed by atoms with van der Waals surface area (Å²) in [7, 11) is 2.16. The fourth-order valence-electron chi connectivity index (χ4n) is 2.56. The normalized spacial score (nSPS) is 36.0. The Labute approximate surface area is 73.9 Å². The van der Waals surface area contributed by atoms with Crippen molar-refractivity contribution in [2.45, 2.75) is 18.9 Å². The lowest BCUT2D eigenvalue weighted by Crippen LogP contribution is -2.44. The molecule has 0 aromatic rings. The van der Waals surface area contributed by atoms with E-state index in [1.807, 2.05) is 0 Å². The highest BCUT2D eigenvalue weighted by Crippen LogP contribution is 2.38. The highest BCUT2D eigenvalue weighted by Gasteiger charge is 2.44. The summed E-state index contributed by atoms with van der Waals surface area (Å²) in [6.07, 6.45) is 2.30. The highest BCUT2D eigenvalue weighted by atomic mass is 16.5. The van der Waals surface area contributed by atoms with E-state index in [0.717, 1.165) is 39.1 Å². The highest BCUT2D eigenvalue weighted by molar-refractivity contribution is 4.99. The number of hydrogen-bond donors (Lipinski definition) is 1. The molecule has 0 aliphatic carbocycles. The van der Waals surface area contributed by atoms with Crippen molar-refractivity contribution >= 4 is 0 Å². The van der Waals surface area contributed by atoms with Gasteiger partial charge in [-0.05, 0) is 19.9 Å². The Morgan fingerprint density at radius 1 is 1.42 bits per heavy atom.